The Morgan fingerprint density at radius 1 is 0.405 bits per heavy atom. The Labute approximate surface area is 306 Å². The summed E-state index contributed by atoms with van der Waals surface area (Å²) in [6.07, 6.45) is 16.9. The minimum absolute atomic E-state index is 0. The monoisotopic (exact) mass is 634 g/mol. The van der Waals surface area contributed by atoms with E-state index in [1.54, 1.807) is 28.4 Å². The average Bonchev–Trinajstić information content (AvgIpc) is 3.01. The minimum Gasteiger partial charge on any atom is -0.382 e. The predicted molar refractivity (Wildman–Crippen MR) is 172 cm³/mol. The Bertz CT molecular complexity index is 1080. The van der Waals surface area contributed by atoms with Crippen molar-refractivity contribution in [2.75, 3.05) is 54.9 Å². The van der Waals surface area contributed by atoms with Crippen LogP contribution < -0.4 is 0 Å². The van der Waals surface area contributed by atoms with Gasteiger partial charge in [0.15, 0.2) is 0 Å². The van der Waals surface area contributed by atoms with Crippen LogP contribution in [0.4, 0.5) is 0 Å². The molecule has 218 valence electrons. The minimum atomic E-state index is 0. The molecule has 6 heteroatoms. The van der Waals surface area contributed by atoms with E-state index in [0.29, 0.717) is 26.4 Å². The van der Waals surface area contributed by atoms with Crippen molar-refractivity contribution in [3.63, 3.8) is 0 Å². The molecule has 2 aliphatic rings. The Balaban J connectivity index is 0.000000298. The third-order valence-corrected chi connectivity index (χ3v) is 6.21. The molecule has 6 rings (SSSR count). The zero-order chi connectivity index (χ0) is 28.4. The van der Waals surface area contributed by atoms with E-state index in [1.807, 2.05) is 0 Å². The van der Waals surface area contributed by atoms with Crippen molar-refractivity contribution in [2.45, 2.75) is 0 Å². The van der Waals surface area contributed by atoms with E-state index < -0.39 is 0 Å². The van der Waals surface area contributed by atoms with E-state index in [2.05, 4.69) is 143 Å². The number of rotatable bonds is 6. The van der Waals surface area contributed by atoms with Crippen molar-refractivity contribution >= 4 is 72.9 Å². The first-order valence-electron chi connectivity index (χ1n) is 13.4. The molecule has 0 aliphatic heterocycles. The number of benzene rings is 4. The van der Waals surface area contributed by atoms with Crippen LogP contribution in [0.5, 0.6) is 0 Å². The molecular formula is C36H40CoKO4. The summed E-state index contributed by atoms with van der Waals surface area (Å²) < 4.78 is 18.6. The summed E-state index contributed by atoms with van der Waals surface area (Å²) in [5, 5.41) is 5.25. The molecule has 0 N–H and O–H groups in total. The molecule has 0 fully saturated rings. The van der Waals surface area contributed by atoms with Gasteiger partial charge in [-0.2, -0.15) is 0 Å². The van der Waals surface area contributed by atoms with Crippen LogP contribution in [0.1, 0.15) is 22.3 Å². The molecule has 2 aliphatic carbocycles. The van der Waals surface area contributed by atoms with Gasteiger partial charge in [0.2, 0.25) is 0 Å². The molecule has 0 saturated carbocycles. The van der Waals surface area contributed by atoms with Gasteiger partial charge in [-0.1, -0.05) is 72.8 Å². The molecule has 0 bridgehead atoms. The van der Waals surface area contributed by atoms with Gasteiger partial charge in [0, 0.05) is 96.6 Å². The first kappa shape index (κ1) is 39.4. The summed E-state index contributed by atoms with van der Waals surface area (Å²) in [7, 11) is 6.61. The third-order valence-electron chi connectivity index (χ3n) is 6.21. The van der Waals surface area contributed by atoms with Crippen molar-refractivity contribution < 1.29 is 35.7 Å². The molecule has 0 heterocycles. The molecule has 0 unspecified atom stereocenters. The SMILES string of the molecule is COCCOC.COCCOC.[CH]1[CH][CH]c2cc3ccccc3cc2[CH]1.[CH]1[CH][CH]c2cc3ccccc3cc2[CH]1.[Co].[K]. The van der Waals surface area contributed by atoms with Crippen LogP contribution in [-0.4, -0.2) is 106 Å². The summed E-state index contributed by atoms with van der Waals surface area (Å²) in [5.41, 5.74) is 5.25. The third kappa shape index (κ3) is 13.6. The van der Waals surface area contributed by atoms with E-state index in [0.717, 1.165) is 0 Å². The number of ether oxygens (including phenoxy) is 4. The maximum absolute atomic E-state index is 4.66. The molecule has 42 heavy (non-hydrogen) atoms. The Hall–Kier alpha value is -0.617. The van der Waals surface area contributed by atoms with Crippen LogP contribution in [0, 0.1) is 51.4 Å². The number of hydrogen-bond acceptors (Lipinski definition) is 4. The first-order valence-corrected chi connectivity index (χ1v) is 13.4. The van der Waals surface area contributed by atoms with E-state index in [1.165, 1.54) is 43.8 Å². The van der Waals surface area contributed by atoms with Gasteiger partial charge in [-0.15, -0.1) is 0 Å². The molecule has 0 saturated heterocycles. The Morgan fingerprint density at radius 3 is 0.810 bits per heavy atom. The molecule has 0 spiro atoms. The van der Waals surface area contributed by atoms with Crippen LogP contribution in [0.2, 0.25) is 0 Å². The van der Waals surface area contributed by atoms with E-state index >= 15 is 0 Å². The van der Waals surface area contributed by atoms with Crippen LogP contribution in [0.3, 0.4) is 0 Å². The molecule has 0 atom stereocenters. The smallest absolute Gasteiger partial charge is 0.0696 e. The topological polar surface area (TPSA) is 36.9 Å². The van der Waals surface area contributed by atoms with Crippen LogP contribution in [-0.2, 0) is 35.7 Å². The normalized spacial score (nSPS) is 12.9. The molecule has 4 aromatic rings. The molecule has 0 aromatic heterocycles. The summed E-state index contributed by atoms with van der Waals surface area (Å²) in [4.78, 5) is 0. The van der Waals surface area contributed by atoms with Gasteiger partial charge in [0.1, 0.15) is 0 Å². The van der Waals surface area contributed by atoms with E-state index in [-0.39, 0.29) is 68.2 Å². The summed E-state index contributed by atoms with van der Waals surface area (Å²) in [6, 6.07) is 25.9. The Morgan fingerprint density at radius 2 is 0.619 bits per heavy atom. The van der Waals surface area contributed by atoms with Gasteiger partial charge in [-0.25, -0.2) is 0 Å². The standard InChI is InChI=1S/2C14H10.2C4H10O2.Co.K/c2*1-2-6-12-10-14-8-4-3-7-13(14)9-11(12)5-1;2*1-5-3-4-6-2;;/h2*1-10H;2*3-4H2,1-2H3;;. The summed E-state index contributed by atoms with van der Waals surface area (Å²) in [6.45, 7) is 2.76. The maximum Gasteiger partial charge on any atom is 0.0696 e. The van der Waals surface area contributed by atoms with Crippen molar-refractivity contribution in [1.82, 2.24) is 0 Å². The summed E-state index contributed by atoms with van der Waals surface area (Å²) >= 11 is 0. The zero-order valence-corrected chi connectivity index (χ0v) is 29.5. The quantitative estimate of drug-likeness (QED) is 0.171. The molecule has 0 amide bonds. The fraction of sp³-hybridized carbons (Fsp3) is 0.222. The summed E-state index contributed by atoms with van der Waals surface area (Å²) in [5.74, 6) is 0. The fourth-order valence-corrected chi connectivity index (χ4v) is 4.10. The maximum atomic E-state index is 4.66. The number of methoxy groups -OCH3 is 4. The van der Waals surface area contributed by atoms with E-state index in [9.17, 15) is 0 Å². The van der Waals surface area contributed by atoms with Crippen LogP contribution >= 0.6 is 0 Å². The zero-order valence-electron chi connectivity index (χ0n) is 25.3. The van der Waals surface area contributed by atoms with Gasteiger partial charge < -0.3 is 18.9 Å². The van der Waals surface area contributed by atoms with E-state index in [4.69, 9.17) is 0 Å². The number of hydrogen-bond donors (Lipinski definition) is 0. The Kier molecular flexibility index (Phi) is 22.3. The van der Waals surface area contributed by atoms with Crippen molar-refractivity contribution in [2.24, 2.45) is 0 Å². The average molecular weight is 635 g/mol. The van der Waals surface area contributed by atoms with Crippen molar-refractivity contribution in [1.29, 1.82) is 0 Å². The van der Waals surface area contributed by atoms with Gasteiger partial charge in [-0.05, 0) is 95.2 Å². The van der Waals surface area contributed by atoms with Crippen molar-refractivity contribution in [3.05, 3.63) is 146 Å². The molecule has 4 nitrogen and oxygen atoms in total. The fourth-order valence-electron chi connectivity index (χ4n) is 4.10. The molecule has 4 aromatic carbocycles. The second kappa shape index (κ2) is 23.7. The predicted octanol–water partition coefficient (Wildman–Crippen LogP) is 6.91. The second-order valence-electron chi connectivity index (χ2n) is 9.06. The van der Waals surface area contributed by atoms with Crippen LogP contribution in [0.25, 0.3) is 21.5 Å². The van der Waals surface area contributed by atoms with Crippen LogP contribution in [0.15, 0.2) is 72.8 Å². The molecular weight excluding hydrogens is 594 g/mol. The number of fused-ring (bicyclic) bond motifs is 4. The van der Waals surface area contributed by atoms with Gasteiger partial charge in [0.25, 0.3) is 0 Å². The first-order chi connectivity index (χ1) is 19.7. The van der Waals surface area contributed by atoms with Gasteiger partial charge in [-0.3, -0.25) is 0 Å². The van der Waals surface area contributed by atoms with Crippen molar-refractivity contribution in [3.8, 4) is 0 Å². The second-order valence-corrected chi connectivity index (χ2v) is 9.06. The van der Waals surface area contributed by atoms with Gasteiger partial charge in [0.05, 0.1) is 26.4 Å². The van der Waals surface area contributed by atoms with Gasteiger partial charge >= 0.3 is 0 Å². The largest absolute Gasteiger partial charge is 0.382 e. The molecule has 10 radical (unpaired) electrons.